The summed E-state index contributed by atoms with van der Waals surface area (Å²) < 4.78 is 4.96. The molecule has 11 heavy (non-hydrogen) atoms. The molecule has 1 rings (SSSR count). The van der Waals surface area contributed by atoms with Crippen LogP contribution in [0, 0.1) is 4.91 Å². The van der Waals surface area contributed by atoms with Crippen molar-refractivity contribution in [2.75, 3.05) is 12.5 Å². The van der Waals surface area contributed by atoms with Crippen molar-refractivity contribution >= 4 is 40.7 Å². The topological polar surface area (TPSA) is 42.3 Å². The fourth-order valence-electron chi connectivity index (χ4n) is 0.601. The first-order valence-corrected chi connectivity index (χ1v) is 5.96. The monoisotopic (exact) mass is 206 g/mol. The Morgan fingerprint density at radius 1 is 1.45 bits per heavy atom. The predicted molar refractivity (Wildman–Crippen MR) is 51.1 cm³/mol. The lowest BCUT2D eigenvalue weighted by molar-refractivity contribution is 1.24. The van der Waals surface area contributed by atoms with Gasteiger partial charge in [0.1, 0.15) is 9.24 Å². The lowest BCUT2D eigenvalue weighted by Crippen LogP contribution is -1.65. The van der Waals surface area contributed by atoms with Crippen molar-refractivity contribution in [3.63, 3.8) is 0 Å². The zero-order chi connectivity index (χ0) is 8.27. The zero-order valence-electron chi connectivity index (χ0n) is 6.03. The molecule has 0 bridgehead atoms. The molecular weight excluding hydrogens is 200 g/mol. The van der Waals surface area contributed by atoms with E-state index in [4.69, 9.17) is 0 Å². The molecule has 1 aromatic heterocycles. The molecule has 0 aliphatic heterocycles. The van der Waals surface area contributed by atoms with Crippen molar-refractivity contribution < 1.29 is 0 Å². The summed E-state index contributed by atoms with van der Waals surface area (Å²) in [6.45, 7) is 0. The molecule has 0 aliphatic carbocycles. The van der Waals surface area contributed by atoms with Crippen molar-refractivity contribution in [3.8, 4) is 0 Å². The van der Waals surface area contributed by atoms with Crippen molar-refractivity contribution in [3.05, 3.63) is 4.91 Å². The molecule has 0 spiro atoms. The van der Waals surface area contributed by atoms with E-state index in [0.29, 0.717) is 5.69 Å². The predicted octanol–water partition coefficient (Wildman–Crippen LogP) is 2.98. The number of nitrogens with zero attached hydrogens (tertiary/aromatic N) is 2. The third-order valence-electron chi connectivity index (χ3n) is 1.08. The van der Waals surface area contributed by atoms with Crippen LogP contribution in [0.2, 0.25) is 0 Å². The number of thioether (sulfide) groups is 2. The highest BCUT2D eigenvalue weighted by Crippen LogP contribution is 2.39. The van der Waals surface area contributed by atoms with E-state index in [0.717, 1.165) is 9.24 Å². The van der Waals surface area contributed by atoms with Gasteiger partial charge < -0.3 is 0 Å². The average Bonchev–Trinajstić information content (AvgIpc) is 2.45. The van der Waals surface area contributed by atoms with Crippen molar-refractivity contribution in [1.82, 2.24) is 4.37 Å². The second kappa shape index (κ2) is 4.08. The normalized spacial score (nSPS) is 10.0. The summed E-state index contributed by atoms with van der Waals surface area (Å²) in [4.78, 5) is 10.3. The molecule has 0 saturated heterocycles. The number of aromatic nitrogens is 1. The Hall–Kier alpha value is -0.0700. The third-order valence-corrected chi connectivity index (χ3v) is 3.79. The van der Waals surface area contributed by atoms with Crippen LogP contribution in [0.4, 0.5) is 5.69 Å². The molecule has 1 aromatic rings. The van der Waals surface area contributed by atoms with Gasteiger partial charge >= 0.3 is 0 Å². The van der Waals surface area contributed by atoms with Crippen molar-refractivity contribution in [2.45, 2.75) is 9.24 Å². The lowest BCUT2D eigenvalue weighted by atomic mass is 10.6. The summed E-state index contributed by atoms with van der Waals surface area (Å²) >= 11 is 4.28. The van der Waals surface area contributed by atoms with E-state index in [1.54, 1.807) is 0 Å². The Bertz CT molecular complexity index is 239. The van der Waals surface area contributed by atoms with Gasteiger partial charge in [0.15, 0.2) is 5.69 Å². The molecule has 0 aliphatic rings. The van der Waals surface area contributed by atoms with Crippen LogP contribution < -0.4 is 0 Å². The summed E-state index contributed by atoms with van der Waals surface area (Å²) in [5.41, 5.74) is 0.495. The van der Waals surface area contributed by atoms with Crippen LogP contribution >= 0.6 is 35.1 Å². The summed E-state index contributed by atoms with van der Waals surface area (Å²) in [7, 11) is 0. The summed E-state index contributed by atoms with van der Waals surface area (Å²) in [5.74, 6) is 0. The van der Waals surface area contributed by atoms with Gasteiger partial charge in [-0.2, -0.15) is 4.37 Å². The summed E-state index contributed by atoms with van der Waals surface area (Å²) in [6, 6.07) is 0. The Morgan fingerprint density at radius 3 is 2.64 bits per heavy atom. The molecular formula is C5H6N2OS3. The van der Waals surface area contributed by atoms with E-state index < -0.39 is 0 Å². The summed E-state index contributed by atoms with van der Waals surface area (Å²) in [5, 5.41) is 3.66. The standard InChI is InChI=1S/C5H6N2OS3/c1-9-4-3(6-8)5(10-2)11-7-4/h1-2H3. The van der Waals surface area contributed by atoms with Gasteiger partial charge in [-0.15, -0.1) is 28.4 Å². The Balaban J connectivity index is 3.08. The van der Waals surface area contributed by atoms with Crippen LogP contribution in [0.1, 0.15) is 0 Å². The minimum absolute atomic E-state index is 0.495. The Kier molecular flexibility index (Phi) is 3.35. The van der Waals surface area contributed by atoms with Crippen LogP contribution in [0.5, 0.6) is 0 Å². The smallest absolute Gasteiger partial charge is 0.166 e. The van der Waals surface area contributed by atoms with Crippen molar-refractivity contribution in [1.29, 1.82) is 0 Å². The third kappa shape index (κ3) is 1.74. The highest BCUT2D eigenvalue weighted by molar-refractivity contribution is 8.01. The minimum Gasteiger partial charge on any atom is -0.183 e. The highest BCUT2D eigenvalue weighted by atomic mass is 32.2. The zero-order valence-corrected chi connectivity index (χ0v) is 8.48. The molecule has 0 amide bonds. The SMILES string of the molecule is CSc1nsc(SC)c1N=O. The minimum atomic E-state index is 0.495. The van der Waals surface area contributed by atoms with Gasteiger partial charge in [-0.1, -0.05) is 0 Å². The Morgan fingerprint density at radius 2 is 2.18 bits per heavy atom. The number of nitroso groups, excluding NO2 is 1. The second-order valence-electron chi connectivity index (χ2n) is 1.62. The first-order chi connectivity index (χ1) is 5.33. The second-order valence-corrected chi connectivity index (χ2v) is 4.27. The molecule has 0 N–H and O–H groups in total. The van der Waals surface area contributed by atoms with Gasteiger partial charge in [-0.3, -0.25) is 0 Å². The summed E-state index contributed by atoms with van der Waals surface area (Å²) in [6.07, 6.45) is 3.79. The number of hydrogen-bond acceptors (Lipinski definition) is 6. The molecule has 0 atom stereocenters. The van der Waals surface area contributed by atoms with Crippen LogP contribution in [-0.2, 0) is 0 Å². The van der Waals surface area contributed by atoms with Crippen LogP contribution in [-0.4, -0.2) is 16.9 Å². The van der Waals surface area contributed by atoms with Gasteiger partial charge in [0.05, 0.1) is 0 Å². The first-order valence-electron chi connectivity index (χ1n) is 2.74. The number of rotatable bonds is 3. The van der Waals surface area contributed by atoms with E-state index in [2.05, 4.69) is 9.55 Å². The number of hydrogen-bond donors (Lipinski definition) is 0. The van der Waals surface area contributed by atoms with Crippen LogP contribution in [0.3, 0.4) is 0 Å². The van der Waals surface area contributed by atoms with E-state index >= 15 is 0 Å². The van der Waals surface area contributed by atoms with E-state index in [9.17, 15) is 4.91 Å². The highest BCUT2D eigenvalue weighted by Gasteiger charge is 2.12. The molecule has 60 valence electrons. The molecule has 0 saturated carbocycles. The van der Waals surface area contributed by atoms with E-state index in [1.165, 1.54) is 35.1 Å². The van der Waals surface area contributed by atoms with Gasteiger partial charge in [0, 0.05) is 0 Å². The molecule has 0 aromatic carbocycles. The molecule has 0 unspecified atom stereocenters. The van der Waals surface area contributed by atoms with Gasteiger partial charge in [0.25, 0.3) is 0 Å². The quantitative estimate of drug-likeness (QED) is 0.563. The molecule has 3 nitrogen and oxygen atoms in total. The maximum Gasteiger partial charge on any atom is 0.166 e. The first kappa shape index (κ1) is 9.02. The van der Waals surface area contributed by atoms with E-state index in [1.807, 2.05) is 12.5 Å². The van der Waals surface area contributed by atoms with Gasteiger partial charge in [-0.05, 0) is 29.2 Å². The van der Waals surface area contributed by atoms with Crippen LogP contribution in [0.15, 0.2) is 14.4 Å². The largest absolute Gasteiger partial charge is 0.183 e. The average molecular weight is 206 g/mol. The van der Waals surface area contributed by atoms with Gasteiger partial charge in [0.2, 0.25) is 0 Å². The Labute approximate surface area is 77.1 Å². The van der Waals surface area contributed by atoms with E-state index in [-0.39, 0.29) is 0 Å². The van der Waals surface area contributed by atoms with Crippen molar-refractivity contribution in [2.24, 2.45) is 5.18 Å². The fourth-order valence-corrected chi connectivity index (χ4v) is 2.68. The molecule has 0 fully saturated rings. The molecule has 1 heterocycles. The maximum absolute atomic E-state index is 10.3. The molecule has 0 radical (unpaired) electrons. The fraction of sp³-hybridized carbons (Fsp3) is 0.400. The molecule has 6 heteroatoms. The lowest BCUT2D eigenvalue weighted by Gasteiger charge is -1.88. The van der Waals surface area contributed by atoms with Gasteiger partial charge in [-0.25, -0.2) is 0 Å². The van der Waals surface area contributed by atoms with Crippen LogP contribution in [0.25, 0.3) is 0 Å². The maximum atomic E-state index is 10.3.